The number of hydrogen-bond acceptors (Lipinski definition) is 4. The van der Waals surface area contributed by atoms with Crippen LogP contribution in [0, 0.1) is 0 Å². The number of thiazole rings is 1. The van der Waals surface area contributed by atoms with Gasteiger partial charge in [-0.25, -0.2) is 4.98 Å². The van der Waals surface area contributed by atoms with E-state index in [1.54, 1.807) is 5.38 Å². The molecule has 0 aromatic carbocycles. The molecular formula is C11H17N3OS. The van der Waals surface area contributed by atoms with Gasteiger partial charge in [0, 0.05) is 18.5 Å². The van der Waals surface area contributed by atoms with Crippen molar-refractivity contribution in [3.05, 3.63) is 11.1 Å². The molecule has 1 aliphatic rings. The van der Waals surface area contributed by atoms with Crippen molar-refractivity contribution in [2.75, 3.05) is 18.8 Å². The van der Waals surface area contributed by atoms with E-state index in [2.05, 4.69) is 4.98 Å². The lowest BCUT2D eigenvalue weighted by Crippen LogP contribution is -2.34. The van der Waals surface area contributed by atoms with Gasteiger partial charge in [-0.3, -0.25) is 4.79 Å². The van der Waals surface area contributed by atoms with Crippen molar-refractivity contribution >= 4 is 22.4 Å². The van der Waals surface area contributed by atoms with Gasteiger partial charge in [0.15, 0.2) is 5.13 Å². The number of carbonyl (C=O) groups is 1. The molecule has 1 saturated heterocycles. The summed E-state index contributed by atoms with van der Waals surface area (Å²) in [5, 5.41) is 2.21. The summed E-state index contributed by atoms with van der Waals surface area (Å²) in [6.07, 6.45) is 5.95. The van der Waals surface area contributed by atoms with E-state index in [-0.39, 0.29) is 5.91 Å². The number of nitrogens with two attached hydrogens (primary N) is 1. The van der Waals surface area contributed by atoms with Crippen LogP contribution in [0.2, 0.25) is 0 Å². The van der Waals surface area contributed by atoms with Gasteiger partial charge in [0.2, 0.25) is 0 Å². The first-order valence-electron chi connectivity index (χ1n) is 5.77. The Bertz CT molecular complexity index is 356. The Hall–Kier alpha value is -1.10. The molecule has 0 spiro atoms. The van der Waals surface area contributed by atoms with Crippen LogP contribution in [-0.2, 0) is 0 Å². The summed E-state index contributed by atoms with van der Waals surface area (Å²) >= 11 is 1.33. The zero-order chi connectivity index (χ0) is 11.4. The molecule has 1 aliphatic heterocycles. The third kappa shape index (κ3) is 2.72. The molecule has 0 unspecified atom stereocenters. The van der Waals surface area contributed by atoms with E-state index in [0.717, 1.165) is 25.9 Å². The fourth-order valence-electron chi connectivity index (χ4n) is 2.00. The molecule has 0 bridgehead atoms. The Balaban J connectivity index is 2.01. The molecule has 1 amide bonds. The number of nitrogen functional groups attached to an aromatic ring is 1. The van der Waals surface area contributed by atoms with Crippen molar-refractivity contribution < 1.29 is 4.79 Å². The number of aromatic nitrogens is 1. The lowest BCUT2D eigenvalue weighted by Gasteiger charge is -2.23. The number of hydrogen-bond donors (Lipinski definition) is 1. The highest BCUT2D eigenvalue weighted by Crippen LogP contribution is 2.16. The Morgan fingerprint density at radius 1 is 1.25 bits per heavy atom. The van der Waals surface area contributed by atoms with Crippen molar-refractivity contribution in [3.63, 3.8) is 0 Å². The Morgan fingerprint density at radius 3 is 2.44 bits per heavy atom. The van der Waals surface area contributed by atoms with Crippen LogP contribution in [0.5, 0.6) is 0 Å². The fraction of sp³-hybridized carbons (Fsp3) is 0.636. The number of anilines is 1. The quantitative estimate of drug-likeness (QED) is 0.816. The molecule has 1 fully saturated rings. The maximum Gasteiger partial charge on any atom is 0.273 e. The molecule has 4 nitrogen and oxygen atoms in total. The molecule has 0 radical (unpaired) electrons. The highest BCUT2D eigenvalue weighted by atomic mass is 32.1. The van der Waals surface area contributed by atoms with Crippen LogP contribution >= 0.6 is 11.3 Å². The molecule has 2 N–H and O–H groups in total. The van der Waals surface area contributed by atoms with Gasteiger partial charge in [-0.1, -0.05) is 19.3 Å². The molecule has 0 saturated carbocycles. The average molecular weight is 239 g/mol. The molecule has 5 heteroatoms. The SMILES string of the molecule is Nc1nc(C(=O)N2CCCCCCC2)cs1. The number of nitrogens with zero attached hydrogens (tertiary/aromatic N) is 2. The zero-order valence-corrected chi connectivity index (χ0v) is 10.1. The Morgan fingerprint density at radius 2 is 1.88 bits per heavy atom. The van der Waals surface area contributed by atoms with Crippen LogP contribution in [0.4, 0.5) is 5.13 Å². The maximum atomic E-state index is 12.1. The Labute approximate surface area is 99.5 Å². The van der Waals surface area contributed by atoms with E-state index in [4.69, 9.17) is 5.73 Å². The number of amides is 1. The molecule has 1 aromatic heterocycles. The highest BCUT2D eigenvalue weighted by Gasteiger charge is 2.18. The van der Waals surface area contributed by atoms with Gasteiger partial charge in [0.1, 0.15) is 5.69 Å². The molecule has 16 heavy (non-hydrogen) atoms. The van der Waals surface area contributed by atoms with Crippen molar-refractivity contribution in [1.82, 2.24) is 9.88 Å². The summed E-state index contributed by atoms with van der Waals surface area (Å²) in [6, 6.07) is 0. The van der Waals surface area contributed by atoms with Gasteiger partial charge in [0.05, 0.1) is 0 Å². The van der Waals surface area contributed by atoms with Gasteiger partial charge in [-0.15, -0.1) is 11.3 Å². The highest BCUT2D eigenvalue weighted by molar-refractivity contribution is 7.13. The van der Waals surface area contributed by atoms with Crippen LogP contribution in [0.3, 0.4) is 0 Å². The number of carbonyl (C=O) groups excluding carboxylic acids is 1. The van der Waals surface area contributed by atoms with Crippen molar-refractivity contribution in [2.45, 2.75) is 32.1 Å². The van der Waals surface area contributed by atoms with Crippen molar-refractivity contribution in [1.29, 1.82) is 0 Å². The first kappa shape index (κ1) is 11.4. The molecule has 88 valence electrons. The minimum absolute atomic E-state index is 0.0369. The van der Waals surface area contributed by atoms with Crippen molar-refractivity contribution in [3.8, 4) is 0 Å². The minimum atomic E-state index is 0.0369. The summed E-state index contributed by atoms with van der Waals surface area (Å²) in [7, 11) is 0. The summed E-state index contributed by atoms with van der Waals surface area (Å²) in [6.45, 7) is 1.71. The molecule has 0 atom stereocenters. The predicted octanol–water partition coefficient (Wildman–Crippen LogP) is 2.13. The van der Waals surface area contributed by atoms with Gasteiger partial charge in [-0.2, -0.15) is 0 Å². The van der Waals surface area contributed by atoms with Gasteiger partial charge >= 0.3 is 0 Å². The lowest BCUT2D eigenvalue weighted by atomic mass is 10.1. The van der Waals surface area contributed by atoms with E-state index in [1.807, 2.05) is 4.90 Å². The van der Waals surface area contributed by atoms with E-state index >= 15 is 0 Å². The van der Waals surface area contributed by atoms with Gasteiger partial charge < -0.3 is 10.6 Å². The molecular weight excluding hydrogens is 222 g/mol. The summed E-state index contributed by atoms with van der Waals surface area (Å²) < 4.78 is 0. The smallest absolute Gasteiger partial charge is 0.273 e. The predicted molar refractivity (Wildman–Crippen MR) is 65.5 cm³/mol. The second-order valence-electron chi connectivity index (χ2n) is 4.13. The van der Waals surface area contributed by atoms with Gasteiger partial charge in [-0.05, 0) is 12.8 Å². The summed E-state index contributed by atoms with van der Waals surface area (Å²) in [5.74, 6) is 0.0369. The van der Waals surface area contributed by atoms with Crippen LogP contribution < -0.4 is 5.73 Å². The van der Waals surface area contributed by atoms with Crippen LogP contribution in [0.25, 0.3) is 0 Å². The fourth-order valence-corrected chi connectivity index (χ4v) is 2.54. The second kappa shape index (κ2) is 5.30. The van der Waals surface area contributed by atoms with Gasteiger partial charge in [0.25, 0.3) is 5.91 Å². The molecule has 2 rings (SSSR count). The third-order valence-electron chi connectivity index (χ3n) is 2.88. The zero-order valence-electron chi connectivity index (χ0n) is 9.32. The number of rotatable bonds is 1. The van der Waals surface area contributed by atoms with Crippen LogP contribution in [0.15, 0.2) is 5.38 Å². The topological polar surface area (TPSA) is 59.2 Å². The minimum Gasteiger partial charge on any atom is -0.375 e. The molecule has 2 heterocycles. The standard InChI is InChI=1S/C11H17N3OS/c12-11-13-9(8-16-11)10(15)14-6-4-2-1-3-5-7-14/h8H,1-7H2,(H2,12,13). The third-order valence-corrected chi connectivity index (χ3v) is 3.56. The van der Waals surface area contributed by atoms with E-state index in [0.29, 0.717) is 10.8 Å². The normalized spacial score (nSPS) is 17.9. The van der Waals surface area contributed by atoms with Crippen LogP contribution in [-0.4, -0.2) is 28.9 Å². The maximum absolute atomic E-state index is 12.1. The first-order valence-corrected chi connectivity index (χ1v) is 6.65. The number of likely N-dealkylation sites (tertiary alicyclic amines) is 1. The summed E-state index contributed by atoms with van der Waals surface area (Å²) in [5.41, 5.74) is 6.04. The molecule has 0 aliphatic carbocycles. The Kier molecular flexibility index (Phi) is 3.77. The summed E-state index contributed by atoms with van der Waals surface area (Å²) in [4.78, 5) is 18.0. The second-order valence-corrected chi connectivity index (χ2v) is 5.02. The monoisotopic (exact) mass is 239 g/mol. The lowest BCUT2D eigenvalue weighted by molar-refractivity contribution is 0.0737. The van der Waals surface area contributed by atoms with E-state index in [9.17, 15) is 4.79 Å². The van der Waals surface area contributed by atoms with Crippen molar-refractivity contribution in [2.24, 2.45) is 0 Å². The first-order chi connectivity index (χ1) is 7.77. The van der Waals surface area contributed by atoms with Crippen LogP contribution in [0.1, 0.15) is 42.6 Å². The average Bonchev–Trinajstić information content (AvgIpc) is 2.63. The molecule has 1 aromatic rings. The largest absolute Gasteiger partial charge is 0.375 e. The van der Waals surface area contributed by atoms with E-state index < -0.39 is 0 Å². The van der Waals surface area contributed by atoms with E-state index in [1.165, 1.54) is 30.6 Å².